The van der Waals surface area contributed by atoms with Gasteiger partial charge in [0.1, 0.15) is 10.6 Å². The van der Waals surface area contributed by atoms with Crippen LogP contribution in [0.1, 0.15) is 38.7 Å². The van der Waals surface area contributed by atoms with Crippen LogP contribution in [0.15, 0.2) is 53.4 Å². The van der Waals surface area contributed by atoms with Gasteiger partial charge in [-0.25, -0.2) is 8.42 Å². The number of carbonyl (C=O) groups excluding carboxylic acids is 1. The third-order valence-electron chi connectivity index (χ3n) is 5.16. The Morgan fingerprint density at radius 3 is 2.52 bits per heavy atom. The fraction of sp³-hybridized carbons (Fsp3) is 0.435. The summed E-state index contributed by atoms with van der Waals surface area (Å²) in [5.74, 6) is 0.886. The summed E-state index contributed by atoms with van der Waals surface area (Å²) in [4.78, 5) is 12.8. The van der Waals surface area contributed by atoms with Crippen LogP contribution < -0.4 is 10.1 Å². The number of ether oxygens (including phenoxy) is 1. The predicted octanol–water partition coefficient (Wildman–Crippen LogP) is 4.52. The fourth-order valence-corrected chi connectivity index (χ4v) is 5.94. The highest BCUT2D eigenvalue weighted by atomic mass is 32.2. The van der Waals surface area contributed by atoms with Crippen LogP contribution in [0.4, 0.5) is 5.69 Å². The summed E-state index contributed by atoms with van der Waals surface area (Å²) in [6, 6.07) is 14.8. The molecular formula is C23H30N2O4S2. The van der Waals surface area contributed by atoms with E-state index in [1.165, 1.54) is 22.1 Å². The minimum atomic E-state index is -3.69. The van der Waals surface area contributed by atoms with Gasteiger partial charge in [0, 0.05) is 24.5 Å². The van der Waals surface area contributed by atoms with Crippen LogP contribution in [-0.2, 0) is 20.6 Å². The highest BCUT2D eigenvalue weighted by molar-refractivity contribution is 7.99. The average molecular weight is 463 g/mol. The quantitative estimate of drug-likeness (QED) is 0.593. The monoisotopic (exact) mass is 462 g/mol. The third kappa shape index (κ3) is 6.24. The van der Waals surface area contributed by atoms with Gasteiger partial charge in [0.2, 0.25) is 15.9 Å². The molecule has 0 aromatic heterocycles. The van der Waals surface area contributed by atoms with Gasteiger partial charge in [-0.05, 0) is 50.5 Å². The zero-order valence-corrected chi connectivity index (χ0v) is 19.7. The second kappa shape index (κ2) is 11.0. The normalized spacial score (nSPS) is 15.9. The third-order valence-corrected chi connectivity index (χ3v) is 8.29. The van der Waals surface area contributed by atoms with E-state index in [1.54, 1.807) is 12.1 Å². The lowest BCUT2D eigenvalue weighted by atomic mass is 10.2. The molecule has 2 aromatic rings. The van der Waals surface area contributed by atoms with E-state index in [1.807, 2.05) is 44.2 Å². The molecular weight excluding hydrogens is 432 g/mol. The second-order valence-corrected chi connectivity index (χ2v) is 10.7. The molecule has 6 nitrogen and oxygen atoms in total. The van der Waals surface area contributed by atoms with Crippen LogP contribution in [0.2, 0.25) is 0 Å². The molecule has 1 aliphatic rings. The zero-order valence-electron chi connectivity index (χ0n) is 18.0. The summed E-state index contributed by atoms with van der Waals surface area (Å²) < 4.78 is 33.6. The number of hydrogen-bond donors (Lipinski definition) is 1. The largest absolute Gasteiger partial charge is 0.492 e. The van der Waals surface area contributed by atoms with Gasteiger partial charge in [0.25, 0.3) is 0 Å². The number of piperidine rings is 1. The number of nitrogens with one attached hydrogen (secondary N) is 1. The van der Waals surface area contributed by atoms with E-state index in [2.05, 4.69) is 5.32 Å². The van der Waals surface area contributed by atoms with E-state index in [4.69, 9.17) is 4.74 Å². The van der Waals surface area contributed by atoms with Gasteiger partial charge in [-0.3, -0.25) is 4.79 Å². The Hall–Kier alpha value is -2.03. The van der Waals surface area contributed by atoms with Crippen molar-refractivity contribution in [1.82, 2.24) is 4.31 Å². The van der Waals surface area contributed by atoms with E-state index in [0.717, 1.165) is 30.6 Å². The maximum atomic E-state index is 13.2. The average Bonchev–Trinajstić information content (AvgIpc) is 2.79. The Morgan fingerprint density at radius 2 is 1.84 bits per heavy atom. The van der Waals surface area contributed by atoms with Crippen molar-refractivity contribution >= 4 is 33.4 Å². The Labute approximate surface area is 189 Å². The number of sulfonamides is 1. The van der Waals surface area contributed by atoms with Gasteiger partial charge in [-0.15, -0.1) is 11.8 Å². The standard InChI is InChI=1S/C23H30N2O4S2/c1-3-29-21-13-12-20(16-22(21)31(27,28)25-14-8-5-9-15-25)24-23(26)18(2)30-17-19-10-6-4-7-11-19/h4,6-7,10-13,16,18H,3,5,8-9,14-15,17H2,1-2H3,(H,24,26). The Balaban J connectivity index is 1.74. The minimum absolute atomic E-state index is 0.110. The molecule has 1 unspecified atom stereocenters. The molecule has 3 rings (SSSR count). The molecule has 1 saturated heterocycles. The van der Waals surface area contributed by atoms with E-state index < -0.39 is 10.0 Å². The summed E-state index contributed by atoms with van der Waals surface area (Å²) in [5.41, 5.74) is 1.61. The summed E-state index contributed by atoms with van der Waals surface area (Å²) >= 11 is 1.54. The molecule has 1 N–H and O–H groups in total. The maximum absolute atomic E-state index is 13.2. The van der Waals surface area contributed by atoms with Crippen molar-refractivity contribution in [2.24, 2.45) is 0 Å². The van der Waals surface area contributed by atoms with Crippen LogP contribution >= 0.6 is 11.8 Å². The lowest BCUT2D eigenvalue weighted by molar-refractivity contribution is -0.115. The Kier molecular flexibility index (Phi) is 8.40. The highest BCUT2D eigenvalue weighted by Gasteiger charge is 2.29. The molecule has 0 radical (unpaired) electrons. The van der Waals surface area contributed by atoms with Crippen LogP contribution in [0.25, 0.3) is 0 Å². The van der Waals surface area contributed by atoms with Crippen LogP contribution in [0, 0.1) is 0 Å². The van der Waals surface area contributed by atoms with Gasteiger partial charge in [-0.1, -0.05) is 36.8 Å². The van der Waals surface area contributed by atoms with E-state index >= 15 is 0 Å². The number of rotatable bonds is 9. The van der Waals surface area contributed by atoms with Crippen molar-refractivity contribution in [2.75, 3.05) is 25.0 Å². The Morgan fingerprint density at radius 1 is 1.13 bits per heavy atom. The number of nitrogens with zero attached hydrogens (tertiary/aromatic N) is 1. The molecule has 0 aliphatic carbocycles. The maximum Gasteiger partial charge on any atom is 0.246 e. The van der Waals surface area contributed by atoms with Gasteiger partial charge in [0.15, 0.2) is 0 Å². The summed E-state index contributed by atoms with van der Waals surface area (Å²) in [5, 5.41) is 2.58. The number of hydrogen-bond acceptors (Lipinski definition) is 5. The minimum Gasteiger partial charge on any atom is -0.492 e. The highest BCUT2D eigenvalue weighted by Crippen LogP contribution is 2.32. The van der Waals surface area contributed by atoms with E-state index in [-0.39, 0.29) is 16.1 Å². The molecule has 1 atom stereocenters. The van der Waals surface area contributed by atoms with Crippen molar-refractivity contribution in [3.8, 4) is 5.75 Å². The Bertz CT molecular complexity index is 974. The molecule has 1 fully saturated rings. The van der Waals surface area contributed by atoms with Gasteiger partial charge >= 0.3 is 0 Å². The van der Waals surface area contributed by atoms with Crippen molar-refractivity contribution in [1.29, 1.82) is 0 Å². The van der Waals surface area contributed by atoms with Crippen LogP contribution in [0.3, 0.4) is 0 Å². The molecule has 0 spiro atoms. The molecule has 0 saturated carbocycles. The molecule has 1 heterocycles. The number of amides is 1. The first-order valence-electron chi connectivity index (χ1n) is 10.6. The predicted molar refractivity (Wildman–Crippen MR) is 126 cm³/mol. The van der Waals surface area contributed by atoms with Crippen LogP contribution in [-0.4, -0.2) is 43.6 Å². The fourth-order valence-electron chi connectivity index (χ4n) is 3.42. The number of thioether (sulfide) groups is 1. The van der Waals surface area contributed by atoms with E-state index in [0.29, 0.717) is 31.1 Å². The van der Waals surface area contributed by atoms with Crippen LogP contribution in [0.5, 0.6) is 5.75 Å². The van der Waals surface area contributed by atoms with Crippen molar-refractivity contribution in [3.63, 3.8) is 0 Å². The first-order chi connectivity index (χ1) is 14.9. The molecule has 2 aromatic carbocycles. The molecule has 1 aliphatic heterocycles. The number of benzene rings is 2. The van der Waals surface area contributed by atoms with Crippen molar-refractivity contribution < 1.29 is 17.9 Å². The molecule has 8 heteroatoms. The lowest BCUT2D eigenvalue weighted by Gasteiger charge is -2.27. The SMILES string of the molecule is CCOc1ccc(NC(=O)C(C)SCc2ccccc2)cc1S(=O)(=O)N1CCCCC1. The topological polar surface area (TPSA) is 75.7 Å². The summed E-state index contributed by atoms with van der Waals surface area (Å²) in [6.07, 6.45) is 2.75. The van der Waals surface area contributed by atoms with E-state index in [9.17, 15) is 13.2 Å². The molecule has 168 valence electrons. The smallest absolute Gasteiger partial charge is 0.246 e. The second-order valence-electron chi connectivity index (χ2n) is 7.49. The molecule has 31 heavy (non-hydrogen) atoms. The van der Waals surface area contributed by atoms with Gasteiger partial charge in [-0.2, -0.15) is 4.31 Å². The lowest BCUT2D eigenvalue weighted by Crippen LogP contribution is -2.35. The summed E-state index contributed by atoms with van der Waals surface area (Å²) in [6.45, 7) is 5.05. The molecule has 0 bridgehead atoms. The first-order valence-corrected chi connectivity index (χ1v) is 13.1. The molecule has 1 amide bonds. The van der Waals surface area contributed by atoms with Gasteiger partial charge < -0.3 is 10.1 Å². The number of anilines is 1. The summed E-state index contributed by atoms with van der Waals surface area (Å²) in [7, 11) is -3.69. The number of carbonyl (C=O) groups is 1. The first kappa shape index (κ1) is 23.6. The van der Waals surface area contributed by atoms with Gasteiger partial charge in [0.05, 0.1) is 11.9 Å². The zero-order chi connectivity index (χ0) is 22.3. The van der Waals surface area contributed by atoms with Crippen molar-refractivity contribution in [3.05, 3.63) is 54.1 Å². The van der Waals surface area contributed by atoms with Crippen molar-refractivity contribution in [2.45, 2.75) is 49.0 Å².